The zero-order chi connectivity index (χ0) is 15.4. The summed E-state index contributed by atoms with van der Waals surface area (Å²) in [5, 5.41) is 17.1. The van der Waals surface area contributed by atoms with E-state index in [9.17, 15) is 10.1 Å². The number of nitrogens with one attached hydrogen (secondary N) is 2. The Labute approximate surface area is 126 Å². The summed E-state index contributed by atoms with van der Waals surface area (Å²) < 4.78 is 0. The van der Waals surface area contributed by atoms with E-state index in [1.54, 1.807) is 11.3 Å². The van der Waals surface area contributed by atoms with E-state index in [2.05, 4.69) is 33.6 Å². The third-order valence-electron chi connectivity index (χ3n) is 3.00. The van der Waals surface area contributed by atoms with Gasteiger partial charge in [0.05, 0.1) is 11.5 Å². The minimum Gasteiger partial charge on any atom is -0.364 e. The smallest absolute Gasteiger partial charge is 0.353 e. The highest BCUT2D eigenvalue weighted by Gasteiger charge is 2.22. The van der Waals surface area contributed by atoms with Gasteiger partial charge in [0.15, 0.2) is 0 Å². The first-order valence-electron chi connectivity index (χ1n) is 6.56. The normalized spacial score (nSPS) is 10.4. The fraction of sp³-hybridized carbons (Fsp3) is 0.385. The second kappa shape index (κ2) is 6.49. The Kier molecular flexibility index (Phi) is 4.69. The molecule has 2 aromatic heterocycles. The van der Waals surface area contributed by atoms with Gasteiger partial charge in [0, 0.05) is 16.3 Å². The number of hydrogen-bond donors (Lipinski definition) is 2. The standard InChI is InChI=1S/C13H17N5O2S/c1-4-14-12-11(18(19)20)13(17-7-16-12)15-6-10-5-8(2)9(3)21-10/h5,7H,4,6H2,1-3H3,(H2,14,15,16,17). The summed E-state index contributed by atoms with van der Waals surface area (Å²) in [5.41, 5.74) is 1.10. The lowest BCUT2D eigenvalue weighted by atomic mass is 10.3. The Balaban J connectivity index is 2.22. The first-order chi connectivity index (χ1) is 10.0. The topological polar surface area (TPSA) is 93.0 Å². The number of aryl methyl sites for hydroxylation is 2. The van der Waals surface area contributed by atoms with E-state index in [0.717, 1.165) is 4.88 Å². The molecule has 7 nitrogen and oxygen atoms in total. The lowest BCUT2D eigenvalue weighted by Crippen LogP contribution is -2.09. The maximum Gasteiger partial charge on any atom is 0.353 e. The van der Waals surface area contributed by atoms with Crippen LogP contribution in [0.2, 0.25) is 0 Å². The van der Waals surface area contributed by atoms with Gasteiger partial charge >= 0.3 is 5.69 Å². The minimum atomic E-state index is -0.467. The lowest BCUT2D eigenvalue weighted by molar-refractivity contribution is -0.383. The Morgan fingerprint density at radius 2 is 1.95 bits per heavy atom. The van der Waals surface area contributed by atoms with E-state index in [1.807, 2.05) is 13.8 Å². The number of thiophene rings is 1. The van der Waals surface area contributed by atoms with Crippen LogP contribution in [0.25, 0.3) is 0 Å². The first-order valence-corrected chi connectivity index (χ1v) is 7.37. The van der Waals surface area contributed by atoms with Crippen molar-refractivity contribution in [3.8, 4) is 0 Å². The molecule has 0 atom stereocenters. The molecule has 2 aromatic rings. The third-order valence-corrected chi connectivity index (χ3v) is 4.15. The molecule has 0 aromatic carbocycles. The average molecular weight is 307 g/mol. The van der Waals surface area contributed by atoms with Crippen molar-refractivity contribution in [2.75, 3.05) is 17.2 Å². The Hall–Kier alpha value is -2.22. The molecule has 0 saturated carbocycles. The second-order valence-electron chi connectivity index (χ2n) is 4.51. The molecule has 0 spiro atoms. The lowest BCUT2D eigenvalue weighted by Gasteiger charge is -2.08. The molecule has 0 amide bonds. The van der Waals surface area contributed by atoms with E-state index in [1.165, 1.54) is 16.8 Å². The van der Waals surface area contributed by atoms with Crippen LogP contribution in [0.15, 0.2) is 12.4 Å². The number of aromatic nitrogens is 2. The van der Waals surface area contributed by atoms with Gasteiger partial charge < -0.3 is 10.6 Å². The van der Waals surface area contributed by atoms with Crippen LogP contribution in [0.4, 0.5) is 17.3 Å². The molecule has 2 heterocycles. The summed E-state index contributed by atoms with van der Waals surface area (Å²) in [5.74, 6) is 0.466. The molecule has 2 rings (SSSR count). The molecule has 0 radical (unpaired) electrons. The summed E-state index contributed by atoms with van der Waals surface area (Å²) in [6, 6.07) is 2.07. The zero-order valence-electron chi connectivity index (χ0n) is 12.1. The van der Waals surface area contributed by atoms with Crippen molar-refractivity contribution < 1.29 is 4.92 Å². The largest absolute Gasteiger partial charge is 0.364 e. The predicted octanol–water partition coefficient (Wildman–Crippen LogP) is 3.11. The molecule has 0 aliphatic carbocycles. The van der Waals surface area contributed by atoms with Gasteiger partial charge in [-0.15, -0.1) is 11.3 Å². The highest BCUT2D eigenvalue weighted by atomic mass is 32.1. The molecule has 2 N–H and O–H groups in total. The van der Waals surface area contributed by atoms with Crippen molar-refractivity contribution in [1.29, 1.82) is 0 Å². The zero-order valence-corrected chi connectivity index (χ0v) is 13.0. The fourth-order valence-electron chi connectivity index (χ4n) is 1.89. The molecule has 8 heteroatoms. The molecule has 0 saturated heterocycles. The monoisotopic (exact) mass is 307 g/mol. The highest BCUT2D eigenvalue weighted by molar-refractivity contribution is 7.12. The average Bonchev–Trinajstić information content (AvgIpc) is 2.75. The van der Waals surface area contributed by atoms with Crippen molar-refractivity contribution in [2.45, 2.75) is 27.3 Å². The SMILES string of the molecule is CCNc1ncnc(NCc2cc(C)c(C)s2)c1[N+](=O)[O-]. The van der Waals surface area contributed by atoms with Crippen LogP contribution in [0.3, 0.4) is 0 Å². The summed E-state index contributed by atoms with van der Waals surface area (Å²) in [6.45, 7) is 7.02. The van der Waals surface area contributed by atoms with Crippen LogP contribution in [-0.4, -0.2) is 21.4 Å². The van der Waals surface area contributed by atoms with E-state index in [0.29, 0.717) is 13.1 Å². The van der Waals surface area contributed by atoms with E-state index < -0.39 is 4.92 Å². The highest BCUT2D eigenvalue weighted by Crippen LogP contribution is 2.29. The number of rotatable bonds is 6. The fourth-order valence-corrected chi connectivity index (χ4v) is 2.88. The van der Waals surface area contributed by atoms with Crippen molar-refractivity contribution in [1.82, 2.24) is 9.97 Å². The van der Waals surface area contributed by atoms with Crippen molar-refractivity contribution >= 4 is 28.7 Å². The Bertz CT molecular complexity index is 637. The van der Waals surface area contributed by atoms with Crippen LogP contribution >= 0.6 is 11.3 Å². The summed E-state index contributed by atoms with van der Waals surface area (Å²) in [4.78, 5) is 21.0. The van der Waals surface area contributed by atoms with E-state index >= 15 is 0 Å². The molecule has 112 valence electrons. The predicted molar refractivity (Wildman–Crippen MR) is 84.0 cm³/mol. The maximum absolute atomic E-state index is 11.2. The van der Waals surface area contributed by atoms with Gasteiger partial charge in [-0.25, -0.2) is 9.97 Å². The second-order valence-corrected chi connectivity index (χ2v) is 5.85. The minimum absolute atomic E-state index is 0.121. The number of hydrogen-bond acceptors (Lipinski definition) is 7. The van der Waals surface area contributed by atoms with Gasteiger partial charge in [-0.3, -0.25) is 10.1 Å². The first kappa shape index (κ1) is 15.2. The van der Waals surface area contributed by atoms with Crippen LogP contribution < -0.4 is 10.6 Å². The number of nitrogens with zero attached hydrogens (tertiary/aromatic N) is 3. The molecule has 0 aliphatic rings. The van der Waals surface area contributed by atoms with Gasteiger partial charge in [0.25, 0.3) is 0 Å². The van der Waals surface area contributed by atoms with E-state index in [4.69, 9.17) is 0 Å². The van der Waals surface area contributed by atoms with Gasteiger partial charge in [0.1, 0.15) is 6.33 Å². The van der Waals surface area contributed by atoms with Gasteiger partial charge in [-0.2, -0.15) is 0 Å². The number of nitro groups is 1. The molecule has 0 bridgehead atoms. The van der Waals surface area contributed by atoms with Crippen molar-refractivity contribution in [3.05, 3.63) is 37.8 Å². The van der Waals surface area contributed by atoms with Crippen LogP contribution in [-0.2, 0) is 6.54 Å². The Morgan fingerprint density at radius 3 is 2.48 bits per heavy atom. The molecular formula is C13H17N5O2S. The van der Waals surface area contributed by atoms with Crippen LogP contribution in [0, 0.1) is 24.0 Å². The van der Waals surface area contributed by atoms with Crippen LogP contribution in [0.5, 0.6) is 0 Å². The van der Waals surface area contributed by atoms with Crippen LogP contribution in [0.1, 0.15) is 22.2 Å². The maximum atomic E-state index is 11.2. The Morgan fingerprint density at radius 1 is 1.29 bits per heavy atom. The number of anilines is 2. The molecule has 0 fully saturated rings. The van der Waals surface area contributed by atoms with Crippen molar-refractivity contribution in [3.63, 3.8) is 0 Å². The third kappa shape index (κ3) is 3.46. The van der Waals surface area contributed by atoms with Gasteiger partial charge in [-0.05, 0) is 32.4 Å². The van der Waals surface area contributed by atoms with E-state index in [-0.39, 0.29) is 17.3 Å². The summed E-state index contributed by atoms with van der Waals surface area (Å²) in [6.07, 6.45) is 1.32. The van der Waals surface area contributed by atoms with Gasteiger partial charge in [-0.1, -0.05) is 0 Å². The molecule has 0 aliphatic heterocycles. The van der Waals surface area contributed by atoms with Gasteiger partial charge in [0.2, 0.25) is 11.6 Å². The van der Waals surface area contributed by atoms with Crippen molar-refractivity contribution in [2.24, 2.45) is 0 Å². The summed E-state index contributed by atoms with van der Waals surface area (Å²) in [7, 11) is 0. The molecular weight excluding hydrogens is 290 g/mol. The molecule has 21 heavy (non-hydrogen) atoms. The molecule has 0 unspecified atom stereocenters. The quantitative estimate of drug-likeness (QED) is 0.629. The summed E-state index contributed by atoms with van der Waals surface area (Å²) >= 11 is 1.67.